The van der Waals surface area contributed by atoms with Crippen molar-refractivity contribution in [3.63, 3.8) is 0 Å². The number of rotatable bonds is 5. The molecular weight excluding hydrogens is 435 g/mol. The molecule has 5 rings (SSSR count). The number of halogens is 1. The molecule has 1 fully saturated rings. The molecule has 172 valence electrons. The van der Waals surface area contributed by atoms with Gasteiger partial charge in [0.2, 0.25) is 0 Å². The second-order valence-electron chi connectivity index (χ2n) is 7.99. The lowest BCUT2D eigenvalue weighted by molar-refractivity contribution is 0.102. The van der Waals surface area contributed by atoms with Gasteiger partial charge >= 0.3 is 0 Å². The number of aryl methyl sites for hydroxylation is 1. The molecule has 0 aliphatic carbocycles. The summed E-state index contributed by atoms with van der Waals surface area (Å²) in [4.78, 5) is 27.9. The van der Waals surface area contributed by atoms with E-state index in [-0.39, 0.29) is 11.7 Å². The summed E-state index contributed by atoms with van der Waals surface area (Å²) >= 11 is 0. The minimum Gasteiger partial charge on any atom is -0.378 e. The number of carbonyl (C=O) groups is 1. The van der Waals surface area contributed by atoms with Gasteiger partial charge in [0.15, 0.2) is 0 Å². The third-order valence-electron chi connectivity index (χ3n) is 5.69. The van der Waals surface area contributed by atoms with E-state index in [4.69, 9.17) is 4.74 Å². The highest BCUT2D eigenvalue weighted by Crippen LogP contribution is 2.28. The van der Waals surface area contributed by atoms with E-state index in [0.717, 1.165) is 30.2 Å². The molecule has 0 bridgehead atoms. The van der Waals surface area contributed by atoms with Crippen LogP contribution in [0.4, 0.5) is 27.4 Å². The van der Waals surface area contributed by atoms with Crippen LogP contribution in [0, 0.1) is 12.7 Å². The summed E-state index contributed by atoms with van der Waals surface area (Å²) in [5.41, 5.74) is 3.40. The Morgan fingerprint density at radius 1 is 1.03 bits per heavy atom. The van der Waals surface area contributed by atoms with E-state index in [2.05, 4.69) is 30.5 Å². The van der Waals surface area contributed by atoms with Crippen molar-refractivity contribution in [2.24, 2.45) is 0 Å². The van der Waals surface area contributed by atoms with Crippen molar-refractivity contribution in [3.05, 3.63) is 78.0 Å². The highest BCUT2D eigenvalue weighted by molar-refractivity contribution is 6.05. The van der Waals surface area contributed by atoms with E-state index in [1.165, 1.54) is 18.5 Å². The molecule has 34 heavy (non-hydrogen) atoms. The summed E-state index contributed by atoms with van der Waals surface area (Å²) in [6, 6.07) is 13.5. The number of carbonyl (C=O) groups excluding carboxylic acids is 1. The minimum atomic E-state index is -0.356. The van der Waals surface area contributed by atoms with E-state index in [0.29, 0.717) is 41.2 Å². The average molecular weight is 458 g/mol. The Morgan fingerprint density at radius 3 is 2.74 bits per heavy atom. The van der Waals surface area contributed by atoms with E-state index in [1.54, 1.807) is 24.4 Å². The maximum Gasteiger partial charge on any atom is 0.255 e. The quantitative estimate of drug-likeness (QED) is 0.461. The fourth-order valence-electron chi connectivity index (χ4n) is 3.82. The third-order valence-corrected chi connectivity index (χ3v) is 5.69. The van der Waals surface area contributed by atoms with Crippen LogP contribution in [0.5, 0.6) is 0 Å². The van der Waals surface area contributed by atoms with Crippen LogP contribution in [0.3, 0.4) is 0 Å². The number of amides is 1. The normalized spacial score (nSPS) is 13.6. The van der Waals surface area contributed by atoms with Gasteiger partial charge in [0.05, 0.1) is 18.7 Å². The van der Waals surface area contributed by atoms with Crippen molar-refractivity contribution in [1.29, 1.82) is 0 Å². The molecule has 0 spiro atoms. The number of ether oxygens (including phenoxy) is 1. The Morgan fingerprint density at radius 2 is 1.88 bits per heavy atom. The molecule has 0 saturated carbocycles. The van der Waals surface area contributed by atoms with E-state index in [9.17, 15) is 9.18 Å². The van der Waals surface area contributed by atoms with Crippen molar-refractivity contribution < 1.29 is 13.9 Å². The number of anilines is 4. The maximum absolute atomic E-state index is 13.6. The lowest BCUT2D eigenvalue weighted by atomic mass is 10.1. The largest absolute Gasteiger partial charge is 0.378 e. The summed E-state index contributed by atoms with van der Waals surface area (Å²) in [7, 11) is 0. The molecule has 9 heteroatoms. The zero-order valence-corrected chi connectivity index (χ0v) is 18.6. The molecule has 0 atom stereocenters. The number of nitrogens with one attached hydrogen (secondary N) is 2. The summed E-state index contributed by atoms with van der Waals surface area (Å²) in [6.45, 7) is 4.74. The zero-order valence-electron chi connectivity index (χ0n) is 18.6. The van der Waals surface area contributed by atoms with Crippen LogP contribution in [0.15, 0.2) is 61.1 Å². The van der Waals surface area contributed by atoms with Crippen molar-refractivity contribution in [3.8, 4) is 0 Å². The first-order valence-electron chi connectivity index (χ1n) is 10.9. The number of aromatic nitrogens is 3. The molecule has 1 amide bonds. The molecular formula is C25H23FN6O2. The first kappa shape index (κ1) is 21.7. The molecule has 4 aromatic rings. The molecule has 2 N–H and O–H groups in total. The number of fused-ring (bicyclic) bond motifs is 1. The van der Waals surface area contributed by atoms with Crippen LogP contribution >= 0.6 is 0 Å². The zero-order chi connectivity index (χ0) is 23.5. The van der Waals surface area contributed by atoms with Gasteiger partial charge in [-0.3, -0.25) is 4.79 Å². The van der Waals surface area contributed by atoms with Crippen LogP contribution in [0.1, 0.15) is 15.9 Å². The van der Waals surface area contributed by atoms with Gasteiger partial charge in [-0.25, -0.2) is 19.3 Å². The molecule has 8 nitrogen and oxygen atoms in total. The van der Waals surface area contributed by atoms with Crippen molar-refractivity contribution in [2.75, 3.05) is 41.8 Å². The van der Waals surface area contributed by atoms with Gasteiger partial charge < -0.3 is 20.3 Å². The number of nitrogens with zero attached hydrogens (tertiary/aromatic N) is 4. The lowest BCUT2D eigenvalue weighted by Crippen LogP contribution is -2.36. The van der Waals surface area contributed by atoms with Gasteiger partial charge in [0.1, 0.15) is 23.8 Å². The van der Waals surface area contributed by atoms with Gasteiger partial charge in [0, 0.05) is 47.7 Å². The maximum atomic E-state index is 13.6. The number of pyridine rings is 1. The minimum absolute atomic E-state index is 0.227. The first-order valence-corrected chi connectivity index (χ1v) is 10.9. The van der Waals surface area contributed by atoms with Gasteiger partial charge in [-0.2, -0.15) is 0 Å². The number of morpholine rings is 1. The van der Waals surface area contributed by atoms with Crippen LogP contribution in [0.2, 0.25) is 0 Å². The van der Waals surface area contributed by atoms with Crippen LogP contribution in [0.25, 0.3) is 10.9 Å². The highest BCUT2D eigenvalue weighted by atomic mass is 19.1. The molecule has 0 radical (unpaired) electrons. The summed E-state index contributed by atoms with van der Waals surface area (Å²) in [5.74, 6) is 0.732. The van der Waals surface area contributed by atoms with Crippen LogP contribution < -0.4 is 15.5 Å². The monoisotopic (exact) mass is 458 g/mol. The number of hydrogen-bond acceptors (Lipinski definition) is 7. The highest BCUT2D eigenvalue weighted by Gasteiger charge is 2.15. The SMILES string of the molecule is Cc1ccc(NC(=O)c2ccnc(N3CCOCC3)c2)cc1Nc1ncnc2cc(F)ccc12. The summed E-state index contributed by atoms with van der Waals surface area (Å²) < 4.78 is 19.0. The Bertz CT molecular complexity index is 1360. The lowest BCUT2D eigenvalue weighted by Gasteiger charge is -2.27. The summed E-state index contributed by atoms with van der Waals surface area (Å²) in [6.07, 6.45) is 3.03. The van der Waals surface area contributed by atoms with Crippen LogP contribution in [-0.4, -0.2) is 47.2 Å². The molecule has 2 aromatic carbocycles. The van der Waals surface area contributed by atoms with Crippen molar-refractivity contribution >= 4 is 39.8 Å². The van der Waals surface area contributed by atoms with Gasteiger partial charge in [-0.15, -0.1) is 0 Å². The second-order valence-corrected chi connectivity index (χ2v) is 7.99. The number of benzene rings is 2. The summed E-state index contributed by atoms with van der Waals surface area (Å²) in [5, 5.41) is 6.94. The van der Waals surface area contributed by atoms with E-state index < -0.39 is 0 Å². The molecule has 0 unspecified atom stereocenters. The topological polar surface area (TPSA) is 92.3 Å². The molecule has 1 aliphatic rings. The standard InChI is InChI=1S/C25H23FN6O2/c1-16-2-4-19(14-21(16)31-24-20-5-3-18(26)13-22(20)28-15-29-24)30-25(33)17-6-7-27-23(12-17)32-8-10-34-11-9-32/h2-7,12-15H,8-11H2,1H3,(H,30,33)(H,28,29,31). The average Bonchev–Trinajstić information content (AvgIpc) is 2.86. The smallest absolute Gasteiger partial charge is 0.255 e. The van der Waals surface area contributed by atoms with Gasteiger partial charge in [-0.05, 0) is 48.9 Å². The number of hydrogen-bond donors (Lipinski definition) is 2. The van der Waals surface area contributed by atoms with Crippen LogP contribution in [-0.2, 0) is 4.74 Å². The molecule has 1 saturated heterocycles. The first-order chi connectivity index (χ1) is 16.6. The van der Waals surface area contributed by atoms with Gasteiger partial charge in [0.25, 0.3) is 5.91 Å². The third kappa shape index (κ3) is 4.65. The van der Waals surface area contributed by atoms with Gasteiger partial charge in [-0.1, -0.05) is 6.07 Å². The second kappa shape index (κ2) is 9.40. The molecule has 1 aliphatic heterocycles. The van der Waals surface area contributed by atoms with Crippen molar-refractivity contribution in [1.82, 2.24) is 15.0 Å². The Hall–Kier alpha value is -4.11. The fraction of sp³-hybridized carbons (Fsp3) is 0.200. The Balaban J connectivity index is 1.36. The van der Waals surface area contributed by atoms with E-state index in [1.807, 2.05) is 25.1 Å². The predicted molar refractivity (Wildman–Crippen MR) is 129 cm³/mol. The molecule has 3 heterocycles. The Kier molecular flexibility index (Phi) is 6.01. The predicted octanol–water partition coefficient (Wildman–Crippen LogP) is 4.30. The Labute approximate surface area is 195 Å². The fourth-order valence-corrected chi connectivity index (χ4v) is 3.82. The molecule has 2 aromatic heterocycles. The van der Waals surface area contributed by atoms with E-state index >= 15 is 0 Å². The van der Waals surface area contributed by atoms with Crippen molar-refractivity contribution in [2.45, 2.75) is 6.92 Å².